The highest BCUT2D eigenvalue weighted by Gasteiger charge is 2.07. The molecule has 0 unspecified atom stereocenters. The Kier molecular flexibility index (Phi) is 2.74. The van der Waals surface area contributed by atoms with E-state index >= 15 is 0 Å². The molecule has 0 saturated carbocycles. The summed E-state index contributed by atoms with van der Waals surface area (Å²) in [5.41, 5.74) is 2.48. The van der Waals surface area contributed by atoms with Gasteiger partial charge in [0.05, 0.1) is 6.07 Å². The number of nitrogens with one attached hydrogen (secondary N) is 1. The molecule has 0 aliphatic heterocycles. The summed E-state index contributed by atoms with van der Waals surface area (Å²) in [7, 11) is 0. The van der Waals surface area contributed by atoms with Crippen molar-refractivity contribution >= 4 is 10.9 Å². The maximum absolute atomic E-state index is 12.1. The molecule has 3 nitrogen and oxygen atoms in total. The number of benzene rings is 1. The zero-order valence-corrected chi connectivity index (χ0v) is 9.08. The van der Waals surface area contributed by atoms with Gasteiger partial charge in [0.2, 0.25) is 0 Å². The number of rotatable bonds is 2. The van der Waals surface area contributed by atoms with Crippen LogP contribution in [0.15, 0.2) is 29.1 Å². The Morgan fingerprint density at radius 3 is 2.88 bits per heavy atom. The fourth-order valence-electron chi connectivity index (χ4n) is 1.88. The van der Waals surface area contributed by atoms with Gasteiger partial charge in [0.1, 0.15) is 0 Å². The molecule has 1 heterocycles. The van der Waals surface area contributed by atoms with Crippen molar-refractivity contribution in [1.29, 1.82) is 5.26 Å². The predicted octanol–water partition coefficient (Wildman–Crippen LogP) is 2.29. The standard InChI is InChI=1S/C13H12N2O/c1-9-10(6-4-8-14)13(16)11-5-2-3-7-12(11)15-9/h2-3,5,7H,4,6H2,1H3,(H,15,16). The number of hydrogen-bond donors (Lipinski definition) is 1. The predicted molar refractivity (Wildman–Crippen MR) is 63.2 cm³/mol. The van der Waals surface area contributed by atoms with Crippen LogP contribution in [0.1, 0.15) is 17.7 Å². The van der Waals surface area contributed by atoms with Crippen molar-refractivity contribution in [2.24, 2.45) is 0 Å². The summed E-state index contributed by atoms with van der Waals surface area (Å²) in [5, 5.41) is 9.26. The Morgan fingerprint density at radius 1 is 1.38 bits per heavy atom. The van der Waals surface area contributed by atoms with Crippen LogP contribution in [-0.4, -0.2) is 4.98 Å². The van der Waals surface area contributed by atoms with E-state index in [1.54, 1.807) is 0 Å². The maximum atomic E-state index is 12.1. The van der Waals surface area contributed by atoms with Crippen LogP contribution in [0.4, 0.5) is 0 Å². The number of hydrogen-bond acceptors (Lipinski definition) is 2. The summed E-state index contributed by atoms with van der Waals surface area (Å²) in [6, 6.07) is 9.51. The smallest absolute Gasteiger partial charge is 0.192 e. The summed E-state index contributed by atoms with van der Waals surface area (Å²) in [4.78, 5) is 15.3. The van der Waals surface area contributed by atoms with E-state index in [9.17, 15) is 4.79 Å². The highest BCUT2D eigenvalue weighted by atomic mass is 16.1. The molecule has 2 aromatic rings. The molecule has 0 radical (unpaired) electrons. The molecular weight excluding hydrogens is 200 g/mol. The van der Waals surface area contributed by atoms with Crippen LogP contribution < -0.4 is 5.43 Å². The van der Waals surface area contributed by atoms with Crippen molar-refractivity contribution in [3.8, 4) is 6.07 Å². The molecule has 16 heavy (non-hydrogen) atoms. The number of aromatic amines is 1. The number of nitrogens with zero attached hydrogens (tertiary/aromatic N) is 1. The van der Waals surface area contributed by atoms with Gasteiger partial charge in [-0.05, 0) is 25.5 Å². The van der Waals surface area contributed by atoms with E-state index in [1.165, 1.54) is 0 Å². The minimum Gasteiger partial charge on any atom is -0.358 e. The van der Waals surface area contributed by atoms with Crippen LogP contribution in [0.3, 0.4) is 0 Å². The monoisotopic (exact) mass is 212 g/mol. The Bertz CT molecular complexity index is 620. The average Bonchev–Trinajstić information content (AvgIpc) is 2.29. The molecular formula is C13H12N2O. The van der Waals surface area contributed by atoms with Gasteiger partial charge in [-0.2, -0.15) is 5.26 Å². The zero-order chi connectivity index (χ0) is 11.5. The lowest BCUT2D eigenvalue weighted by molar-refractivity contribution is 0.967. The Morgan fingerprint density at radius 2 is 2.12 bits per heavy atom. The Hall–Kier alpha value is -2.08. The van der Waals surface area contributed by atoms with Gasteiger partial charge in [-0.25, -0.2) is 0 Å². The zero-order valence-electron chi connectivity index (χ0n) is 9.08. The quantitative estimate of drug-likeness (QED) is 0.830. The van der Waals surface area contributed by atoms with Crippen LogP contribution in [0.5, 0.6) is 0 Å². The summed E-state index contributed by atoms with van der Waals surface area (Å²) in [6.45, 7) is 1.88. The van der Waals surface area contributed by atoms with E-state index in [0.29, 0.717) is 18.2 Å². The van der Waals surface area contributed by atoms with Gasteiger partial charge in [-0.1, -0.05) is 12.1 Å². The van der Waals surface area contributed by atoms with Crippen molar-refractivity contribution in [2.45, 2.75) is 19.8 Å². The molecule has 0 amide bonds. The number of fused-ring (bicyclic) bond motifs is 1. The lowest BCUT2D eigenvalue weighted by atomic mass is 10.0. The number of H-pyrrole nitrogens is 1. The normalized spacial score (nSPS) is 10.2. The number of pyridine rings is 1. The first-order valence-electron chi connectivity index (χ1n) is 5.21. The Balaban J connectivity index is 2.67. The van der Waals surface area contributed by atoms with E-state index in [2.05, 4.69) is 11.1 Å². The first-order chi connectivity index (χ1) is 7.74. The molecule has 3 heteroatoms. The summed E-state index contributed by atoms with van der Waals surface area (Å²) in [6.07, 6.45) is 0.894. The van der Waals surface area contributed by atoms with Gasteiger partial charge in [0.25, 0.3) is 0 Å². The van der Waals surface area contributed by atoms with Crippen LogP contribution >= 0.6 is 0 Å². The molecule has 0 aliphatic carbocycles. The lowest BCUT2D eigenvalue weighted by Gasteiger charge is -2.05. The molecule has 0 bridgehead atoms. The van der Waals surface area contributed by atoms with Gasteiger partial charge in [-0.15, -0.1) is 0 Å². The minimum atomic E-state index is 0.0436. The number of para-hydroxylation sites is 1. The topological polar surface area (TPSA) is 56.6 Å². The molecule has 0 saturated heterocycles. The highest BCUT2D eigenvalue weighted by Crippen LogP contribution is 2.11. The van der Waals surface area contributed by atoms with Crippen molar-refractivity contribution in [3.05, 3.63) is 45.7 Å². The van der Waals surface area contributed by atoms with Gasteiger partial charge in [0, 0.05) is 28.6 Å². The van der Waals surface area contributed by atoms with Crippen molar-refractivity contribution in [3.63, 3.8) is 0 Å². The third-order valence-corrected chi connectivity index (χ3v) is 2.71. The van der Waals surface area contributed by atoms with E-state index < -0.39 is 0 Å². The molecule has 0 aliphatic rings. The molecule has 0 spiro atoms. The van der Waals surface area contributed by atoms with Crippen LogP contribution in [0.2, 0.25) is 0 Å². The van der Waals surface area contributed by atoms with Crippen LogP contribution in [-0.2, 0) is 6.42 Å². The highest BCUT2D eigenvalue weighted by molar-refractivity contribution is 5.79. The summed E-state index contributed by atoms with van der Waals surface area (Å²) < 4.78 is 0. The SMILES string of the molecule is Cc1[nH]c2ccccc2c(=O)c1CCC#N. The summed E-state index contributed by atoms with van der Waals surface area (Å²) in [5.74, 6) is 0. The lowest BCUT2D eigenvalue weighted by Crippen LogP contribution is -2.13. The second-order valence-corrected chi connectivity index (χ2v) is 3.76. The second-order valence-electron chi connectivity index (χ2n) is 3.76. The number of aromatic nitrogens is 1. The van der Waals surface area contributed by atoms with Crippen molar-refractivity contribution in [1.82, 2.24) is 4.98 Å². The van der Waals surface area contributed by atoms with Crippen LogP contribution in [0, 0.1) is 18.3 Å². The third kappa shape index (κ3) is 1.70. The van der Waals surface area contributed by atoms with E-state index in [1.807, 2.05) is 31.2 Å². The van der Waals surface area contributed by atoms with Crippen LogP contribution in [0.25, 0.3) is 10.9 Å². The molecule has 1 aromatic carbocycles. The molecule has 1 aromatic heterocycles. The van der Waals surface area contributed by atoms with E-state index in [0.717, 1.165) is 16.8 Å². The maximum Gasteiger partial charge on any atom is 0.192 e. The van der Waals surface area contributed by atoms with Gasteiger partial charge in [0.15, 0.2) is 5.43 Å². The number of nitriles is 1. The Labute approximate surface area is 93.3 Å². The van der Waals surface area contributed by atoms with Gasteiger partial charge >= 0.3 is 0 Å². The van der Waals surface area contributed by atoms with E-state index in [4.69, 9.17) is 5.26 Å². The molecule has 1 N–H and O–H groups in total. The fraction of sp³-hybridized carbons (Fsp3) is 0.231. The fourth-order valence-corrected chi connectivity index (χ4v) is 1.88. The molecule has 0 atom stereocenters. The average molecular weight is 212 g/mol. The van der Waals surface area contributed by atoms with Crippen molar-refractivity contribution < 1.29 is 0 Å². The van der Waals surface area contributed by atoms with Gasteiger partial charge in [-0.3, -0.25) is 4.79 Å². The largest absolute Gasteiger partial charge is 0.358 e. The molecule has 80 valence electrons. The molecule has 2 rings (SSSR count). The first-order valence-corrected chi connectivity index (χ1v) is 5.21. The second kappa shape index (κ2) is 4.19. The molecule has 0 fully saturated rings. The summed E-state index contributed by atoms with van der Waals surface area (Å²) >= 11 is 0. The van der Waals surface area contributed by atoms with Crippen molar-refractivity contribution in [2.75, 3.05) is 0 Å². The van der Waals surface area contributed by atoms with E-state index in [-0.39, 0.29) is 5.43 Å². The first kappa shape index (κ1) is 10.4. The minimum absolute atomic E-state index is 0.0436. The van der Waals surface area contributed by atoms with Gasteiger partial charge < -0.3 is 4.98 Å². The number of aryl methyl sites for hydroxylation is 1. The third-order valence-electron chi connectivity index (χ3n) is 2.71.